The van der Waals surface area contributed by atoms with E-state index in [1.54, 1.807) is 5.57 Å². The Labute approximate surface area is 261 Å². The zero-order chi connectivity index (χ0) is 30.3. The Hall–Kier alpha value is -1.05. The van der Waals surface area contributed by atoms with Crippen LogP contribution in [-0.4, -0.2) is 12.1 Å². The summed E-state index contributed by atoms with van der Waals surface area (Å²) in [5.74, 6) is 5.50. The molecule has 0 amide bonds. The van der Waals surface area contributed by atoms with Gasteiger partial charge < -0.3 is 4.74 Å². The fourth-order valence-corrected chi connectivity index (χ4v) is 10.2. The van der Waals surface area contributed by atoms with E-state index in [1.807, 2.05) is 0 Å². The second kappa shape index (κ2) is 15.3. The largest absolute Gasteiger partial charge is 0.462 e. The number of ether oxygens (including phenoxy) is 1. The maximum Gasteiger partial charge on any atom is 0.306 e. The lowest BCUT2D eigenvalue weighted by molar-refractivity contribution is -0.151. The topological polar surface area (TPSA) is 26.3 Å². The highest BCUT2D eigenvalue weighted by atomic mass is 16.5. The average Bonchev–Trinajstić information content (AvgIpc) is 3.32. The summed E-state index contributed by atoms with van der Waals surface area (Å²) in [6.07, 6.45) is 30.2. The number of fused-ring (bicyclic) bond motifs is 5. The minimum Gasteiger partial charge on any atom is -0.462 e. The molecule has 0 aliphatic heterocycles. The molecule has 4 aliphatic carbocycles. The van der Waals surface area contributed by atoms with E-state index in [-0.39, 0.29) is 12.1 Å². The van der Waals surface area contributed by atoms with Crippen molar-refractivity contribution in [2.45, 2.75) is 170 Å². The number of unbranched alkanes of at least 4 members (excludes halogenated alkanes) is 8. The van der Waals surface area contributed by atoms with Crippen LogP contribution in [0.3, 0.4) is 0 Å². The van der Waals surface area contributed by atoms with Crippen molar-refractivity contribution in [3.63, 3.8) is 0 Å². The van der Waals surface area contributed by atoms with Crippen molar-refractivity contribution in [2.75, 3.05) is 0 Å². The highest BCUT2D eigenvalue weighted by molar-refractivity contribution is 5.69. The molecular weight excluding hydrogens is 512 g/mol. The van der Waals surface area contributed by atoms with Crippen LogP contribution >= 0.6 is 0 Å². The van der Waals surface area contributed by atoms with Crippen molar-refractivity contribution in [3.8, 4) is 0 Å². The molecule has 3 fully saturated rings. The number of allylic oxidation sites excluding steroid dienone is 3. The SMILES string of the molecule is CCCCCCCCCCCC(=O)OC1CCC2(C)C(=CCC3C2CCC2(C)C(C(C)/C=C/C(C)C(C)C)CCC32)C1. The first-order valence-corrected chi connectivity index (χ1v) is 18.7. The van der Waals surface area contributed by atoms with Crippen LogP contribution < -0.4 is 0 Å². The van der Waals surface area contributed by atoms with Gasteiger partial charge in [0.15, 0.2) is 0 Å². The highest BCUT2D eigenvalue weighted by Crippen LogP contribution is 2.67. The van der Waals surface area contributed by atoms with Crippen molar-refractivity contribution < 1.29 is 9.53 Å². The van der Waals surface area contributed by atoms with Crippen LogP contribution in [0.15, 0.2) is 23.8 Å². The van der Waals surface area contributed by atoms with Gasteiger partial charge in [-0.2, -0.15) is 0 Å². The highest BCUT2D eigenvalue weighted by Gasteiger charge is 2.59. The van der Waals surface area contributed by atoms with Gasteiger partial charge in [0, 0.05) is 12.8 Å². The van der Waals surface area contributed by atoms with E-state index in [1.165, 1.54) is 89.9 Å². The van der Waals surface area contributed by atoms with Crippen LogP contribution in [0.5, 0.6) is 0 Å². The fourth-order valence-electron chi connectivity index (χ4n) is 10.2. The van der Waals surface area contributed by atoms with Crippen molar-refractivity contribution in [3.05, 3.63) is 23.8 Å². The van der Waals surface area contributed by atoms with Gasteiger partial charge in [0.1, 0.15) is 6.10 Å². The summed E-state index contributed by atoms with van der Waals surface area (Å²) in [6, 6.07) is 0. The quantitative estimate of drug-likeness (QED) is 0.109. The third-order valence-corrected chi connectivity index (χ3v) is 13.3. The van der Waals surface area contributed by atoms with Gasteiger partial charge in [-0.3, -0.25) is 4.79 Å². The van der Waals surface area contributed by atoms with Crippen molar-refractivity contribution >= 4 is 5.97 Å². The Morgan fingerprint density at radius 1 is 0.881 bits per heavy atom. The second-order valence-electron chi connectivity index (χ2n) is 16.3. The van der Waals surface area contributed by atoms with Crippen LogP contribution in [0.2, 0.25) is 0 Å². The third kappa shape index (κ3) is 7.77. The molecule has 0 N–H and O–H groups in total. The van der Waals surface area contributed by atoms with Gasteiger partial charge >= 0.3 is 5.97 Å². The number of rotatable bonds is 15. The first-order chi connectivity index (χ1) is 20.1. The molecule has 4 aliphatic rings. The molecule has 0 saturated heterocycles. The van der Waals surface area contributed by atoms with E-state index >= 15 is 0 Å². The smallest absolute Gasteiger partial charge is 0.306 e. The molecule has 0 radical (unpaired) electrons. The lowest BCUT2D eigenvalue weighted by atomic mass is 9.47. The standard InChI is InChI=1S/C40H68O2/c1-8-9-10-11-12-13-14-15-16-17-38(41)42-33-24-26-39(6)32(28-33)20-21-34-36-23-22-35(40(36,7)27-25-37(34)39)31(5)19-18-30(4)29(2)3/h18-20,29-31,33-37H,8-17,21-28H2,1-7H3/b19-18+. The molecule has 0 heterocycles. The van der Waals surface area contributed by atoms with E-state index in [9.17, 15) is 4.79 Å². The van der Waals surface area contributed by atoms with E-state index in [0.717, 1.165) is 48.9 Å². The molecule has 9 atom stereocenters. The lowest BCUT2D eigenvalue weighted by Crippen LogP contribution is -2.51. The fraction of sp³-hybridized carbons (Fsp3) is 0.875. The van der Waals surface area contributed by atoms with Crippen molar-refractivity contribution in [2.24, 2.45) is 52.3 Å². The number of carbonyl (C=O) groups is 1. The van der Waals surface area contributed by atoms with Gasteiger partial charge in [0.2, 0.25) is 0 Å². The molecule has 9 unspecified atom stereocenters. The normalized spacial score (nSPS) is 35.8. The van der Waals surface area contributed by atoms with E-state index in [0.29, 0.717) is 29.1 Å². The molecule has 0 spiro atoms. The van der Waals surface area contributed by atoms with Crippen LogP contribution in [0, 0.1) is 52.3 Å². The summed E-state index contributed by atoms with van der Waals surface area (Å²) in [4.78, 5) is 12.7. The summed E-state index contributed by atoms with van der Waals surface area (Å²) in [6.45, 7) is 17.1. The molecular formula is C40H68O2. The number of hydrogen-bond donors (Lipinski definition) is 0. The molecule has 42 heavy (non-hydrogen) atoms. The van der Waals surface area contributed by atoms with Crippen molar-refractivity contribution in [1.82, 2.24) is 0 Å². The molecule has 0 aromatic rings. The summed E-state index contributed by atoms with van der Waals surface area (Å²) >= 11 is 0. The van der Waals surface area contributed by atoms with Crippen LogP contribution in [-0.2, 0) is 9.53 Å². The Bertz CT molecular complexity index is 915. The van der Waals surface area contributed by atoms with Crippen LogP contribution in [0.1, 0.15) is 164 Å². The maximum absolute atomic E-state index is 12.7. The molecule has 0 aromatic heterocycles. The molecule has 2 heteroatoms. The molecule has 0 aromatic carbocycles. The van der Waals surface area contributed by atoms with Gasteiger partial charge in [-0.15, -0.1) is 0 Å². The minimum atomic E-state index is 0.0530. The first-order valence-electron chi connectivity index (χ1n) is 18.7. The Kier molecular flexibility index (Phi) is 12.3. The van der Waals surface area contributed by atoms with Gasteiger partial charge in [0.25, 0.3) is 0 Å². The maximum atomic E-state index is 12.7. The lowest BCUT2D eigenvalue weighted by Gasteiger charge is -2.58. The zero-order valence-electron chi connectivity index (χ0n) is 28.9. The monoisotopic (exact) mass is 581 g/mol. The van der Waals surface area contributed by atoms with Crippen molar-refractivity contribution in [1.29, 1.82) is 0 Å². The summed E-state index contributed by atoms with van der Waals surface area (Å²) in [7, 11) is 0. The second-order valence-corrected chi connectivity index (χ2v) is 16.3. The zero-order valence-corrected chi connectivity index (χ0v) is 28.9. The molecule has 0 bridgehead atoms. The van der Waals surface area contributed by atoms with Crippen LogP contribution in [0.4, 0.5) is 0 Å². The van der Waals surface area contributed by atoms with E-state index in [4.69, 9.17) is 4.74 Å². The molecule has 3 saturated carbocycles. The average molecular weight is 581 g/mol. The predicted octanol–water partition coefficient (Wildman–Crippen LogP) is 11.9. The first kappa shape index (κ1) is 33.8. The summed E-state index contributed by atoms with van der Waals surface area (Å²) in [5.41, 5.74) is 2.45. The van der Waals surface area contributed by atoms with Gasteiger partial charge in [-0.05, 0) is 104 Å². The van der Waals surface area contributed by atoms with E-state index in [2.05, 4.69) is 66.7 Å². The summed E-state index contributed by atoms with van der Waals surface area (Å²) < 4.78 is 6.09. The Balaban J connectivity index is 1.26. The third-order valence-electron chi connectivity index (χ3n) is 13.3. The number of esters is 1. The molecule has 4 rings (SSSR count). The van der Waals surface area contributed by atoms with Gasteiger partial charge in [-0.1, -0.05) is 124 Å². The Morgan fingerprint density at radius 2 is 1.57 bits per heavy atom. The van der Waals surface area contributed by atoms with E-state index < -0.39 is 0 Å². The molecule has 2 nitrogen and oxygen atoms in total. The van der Waals surface area contributed by atoms with Gasteiger partial charge in [-0.25, -0.2) is 0 Å². The number of hydrogen-bond acceptors (Lipinski definition) is 2. The molecule has 240 valence electrons. The van der Waals surface area contributed by atoms with Crippen LogP contribution in [0.25, 0.3) is 0 Å². The minimum absolute atomic E-state index is 0.0530. The van der Waals surface area contributed by atoms with Gasteiger partial charge in [0.05, 0.1) is 0 Å². The summed E-state index contributed by atoms with van der Waals surface area (Å²) in [5, 5.41) is 0. The predicted molar refractivity (Wildman–Crippen MR) is 179 cm³/mol. The Morgan fingerprint density at radius 3 is 2.26 bits per heavy atom. The number of carbonyl (C=O) groups excluding carboxylic acids is 1.